The van der Waals surface area contributed by atoms with E-state index < -0.39 is 11.6 Å². The number of nitrogens with zero attached hydrogens (tertiary/aromatic N) is 1. The lowest BCUT2D eigenvalue weighted by Gasteiger charge is -2.35. The van der Waals surface area contributed by atoms with Gasteiger partial charge < -0.3 is 10.2 Å². The average Bonchev–Trinajstić information content (AvgIpc) is 3.06. The lowest BCUT2D eigenvalue weighted by molar-refractivity contribution is -0.132. The third-order valence-electron chi connectivity index (χ3n) is 4.93. The molecular weight excluding hydrogens is 322 g/mol. The summed E-state index contributed by atoms with van der Waals surface area (Å²) in [5.74, 6) is -1.27. The first-order valence-electron chi connectivity index (χ1n) is 8.09. The SMILES string of the molecule is Cl.O=C(Cc1cccc(F)c1F)N1CCC(C2CCCN2)CC1. The molecule has 6 heteroatoms. The topological polar surface area (TPSA) is 32.3 Å². The van der Waals surface area contributed by atoms with Crippen molar-refractivity contribution in [3.63, 3.8) is 0 Å². The van der Waals surface area contributed by atoms with Gasteiger partial charge in [0.1, 0.15) is 0 Å². The van der Waals surface area contributed by atoms with Crippen molar-refractivity contribution in [1.29, 1.82) is 0 Å². The van der Waals surface area contributed by atoms with E-state index in [0.717, 1.165) is 38.5 Å². The van der Waals surface area contributed by atoms with E-state index in [4.69, 9.17) is 0 Å². The molecule has 1 aromatic rings. The molecule has 3 nitrogen and oxygen atoms in total. The van der Waals surface area contributed by atoms with E-state index in [9.17, 15) is 13.6 Å². The number of amides is 1. The Bertz CT molecular complexity index is 541. The minimum Gasteiger partial charge on any atom is -0.342 e. The molecule has 2 fully saturated rings. The van der Waals surface area contributed by atoms with Crippen molar-refractivity contribution in [2.45, 2.75) is 38.1 Å². The maximum absolute atomic E-state index is 13.6. The highest BCUT2D eigenvalue weighted by Gasteiger charge is 2.30. The van der Waals surface area contributed by atoms with E-state index in [1.807, 2.05) is 0 Å². The molecule has 2 saturated heterocycles. The third kappa shape index (κ3) is 4.21. The summed E-state index contributed by atoms with van der Waals surface area (Å²) in [6.07, 6.45) is 4.40. The third-order valence-corrected chi connectivity index (χ3v) is 4.93. The largest absolute Gasteiger partial charge is 0.342 e. The van der Waals surface area contributed by atoms with Crippen LogP contribution in [0.2, 0.25) is 0 Å². The summed E-state index contributed by atoms with van der Waals surface area (Å²) >= 11 is 0. The summed E-state index contributed by atoms with van der Waals surface area (Å²) in [5.41, 5.74) is 0.143. The monoisotopic (exact) mass is 344 g/mol. The van der Waals surface area contributed by atoms with Crippen molar-refractivity contribution < 1.29 is 13.6 Å². The summed E-state index contributed by atoms with van der Waals surface area (Å²) in [4.78, 5) is 14.1. The highest BCUT2D eigenvalue weighted by molar-refractivity contribution is 5.85. The van der Waals surface area contributed by atoms with Gasteiger partial charge in [0.15, 0.2) is 11.6 Å². The molecule has 0 bridgehead atoms. The smallest absolute Gasteiger partial charge is 0.227 e. The molecular formula is C17H23ClF2N2O. The molecule has 1 unspecified atom stereocenters. The van der Waals surface area contributed by atoms with E-state index in [1.165, 1.54) is 25.0 Å². The number of piperidine rings is 1. The van der Waals surface area contributed by atoms with E-state index in [2.05, 4.69) is 5.32 Å². The quantitative estimate of drug-likeness (QED) is 0.914. The van der Waals surface area contributed by atoms with Gasteiger partial charge in [-0.3, -0.25) is 4.79 Å². The fraction of sp³-hybridized carbons (Fsp3) is 0.588. The number of likely N-dealkylation sites (tertiary alicyclic amines) is 1. The van der Waals surface area contributed by atoms with Crippen molar-refractivity contribution >= 4 is 18.3 Å². The summed E-state index contributed by atoms with van der Waals surface area (Å²) in [5, 5.41) is 3.53. The van der Waals surface area contributed by atoms with Gasteiger partial charge in [-0.1, -0.05) is 12.1 Å². The van der Waals surface area contributed by atoms with Crippen molar-refractivity contribution in [3.8, 4) is 0 Å². The zero-order valence-corrected chi connectivity index (χ0v) is 13.9. The maximum Gasteiger partial charge on any atom is 0.227 e. The lowest BCUT2D eigenvalue weighted by Crippen LogP contribution is -2.43. The maximum atomic E-state index is 13.6. The van der Waals surface area contributed by atoms with Gasteiger partial charge >= 0.3 is 0 Å². The molecule has 0 radical (unpaired) electrons. The Hall–Kier alpha value is -1.20. The Kier molecular flexibility index (Phi) is 6.36. The summed E-state index contributed by atoms with van der Waals surface area (Å²) < 4.78 is 26.8. The number of rotatable bonds is 3. The van der Waals surface area contributed by atoms with Gasteiger partial charge in [-0.15, -0.1) is 12.4 Å². The number of benzene rings is 1. The highest BCUT2D eigenvalue weighted by Crippen LogP contribution is 2.26. The number of carbonyl (C=O) groups is 1. The average molecular weight is 345 g/mol. The molecule has 23 heavy (non-hydrogen) atoms. The molecule has 128 valence electrons. The number of carbonyl (C=O) groups excluding carboxylic acids is 1. The van der Waals surface area contributed by atoms with Crippen LogP contribution in [0.1, 0.15) is 31.2 Å². The summed E-state index contributed by atoms with van der Waals surface area (Å²) in [6.45, 7) is 2.54. The second-order valence-electron chi connectivity index (χ2n) is 6.31. The first-order chi connectivity index (χ1) is 10.6. The van der Waals surface area contributed by atoms with Crippen LogP contribution in [-0.2, 0) is 11.2 Å². The Labute approximate surface area is 141 Å². The molecule has 2 aliphatic heterocycles. The fourth-order valence-corrected chi connectivity index (χ4v) is 3.62. The summed E-state index contributed by atoms with van der Waals surface area (Å²) in [7, 11) is 0. The second-order valence-corrected chi connectivity index (χ2v) is 6.31. The molecule has 0 spiro atoms. The van der Waals surface area contributed by atoms with Gasteiger partial charge in [0, 0.05) is 24.7 Å². The molecule has 3 rings (SSSR count). The zero-order chi connectivity index (χ0) is 15.5. The minimum atomic E-state index is -0.902. The fourth-order valence-electron chi connectivity index (χ4n) is 3.62. The van der Waals surface area contributed by atoms with Crippen LogP contribution in [0.3, 0.4) is 0 Å². The Balaban J connectivity index is 0.00000192. The van der Waals surface area contributed by atoms with Crippen LogP contribution >= 0.6 is 12.4 Å². The zero-order valence-electron chi connectivity index (χ0n) is 13.1. The molecule has 2 heterocycles. The van der Waals surface area contributed by atoms with Crippen molar-refractivity contribution in [3.05, 3.63) is 35.4 Å². The molecule has 2 aliphatic rings. The van der Waals surface area contributed by atoms with Gasteiger partial charge in [0.2, 0.25) is 5.91 Å². The van der Waals surface area contributed by atoms with Gasteiger partial charge in [-0.2, -0.15) is 0 Å². The standard InChI is InChI=1S/C17H22F2N2O.ClH/c18-14-4-1-3-13(17(14)19)11-16(22)21-9-6-12(7-10-21)15-5-2-8-20-15;/h1,3-4,12,15,20H,2,5-11H2;1H. The van der Waals surface area contributed by atoms with E-state index in [0.29, 0.717) is 12.0 Å². The molecule has 0 aliphatic carbocycles. The van der Waals surface area contributed by atoms with Gasteiger partial charge in [-0.25, -0.2) is 8.78 Å². The van der Waals surface area contributed by atoms with E-state index >= 15 is 0 Å². The lowest BCUT2D eigenvalue weighted by atomic mass is 9.88. The Morgan fingerprint density at radius 1 is 1.22 bits per heavy atom. The van der Waals surface area contributed by atoms with Gasteiger partial charge in [0.25, 0.3) is 0 Å². The Morgan fingerprint density at radius 3 is 2.61 bits per heavy atom. The molecule has 1 aromatic carbocycles. The van der Waals surface area contributed by atoms with Crippen LogP contribution in [0.5, 0.6) is 0 Å². The second kappa shape index (κ2) is 8.06. The number of hydrogen-bond donors (Lipinski definition) is 1. The van der Waals surface area contributed by atoms with Crippen LogP contribution in [0.25, 0.3) is 0 Å². The van der Waals surface area contributed by atoms with Crippen LogP contribution in [0.15, 0.2) is 18.2 Å². The number of halogens is 3. The normalized spacial score (nSPS) is 22.0. The van der Waals surface area contributed by atoms with E-state index in [1.54, 1.807) is 4.90 Å². The van der Waals surface area contributed by atoms with Gasteiger partial charge in [0.05, 0.1) is 6.42 Å². The summed E-state index contributed by atoms with van der Waals surface area (Å²) in [6, 6.07) is 4.59. The number of nitrogens with one attached hydrogen (secondary N) is 1. The van der Waals surface area contributed by atoms with Crippen molar-refractivity contribution in [1.82, 2.24) is 10.2 Å². The predicted molar refractivity (Wildman–Crippen MR) is 87.6 cm³/mol. The molecule has 0 aromatic heterocycles. The van der Waals surface area contributed by atoms with Crippen molar-refractivity contribution in [2.24, 2.45) is 5.92 Å². The van der Waals surface area contributed by atoms with Crippen LogP contribution in [0.4, 0.5) is 8.78 Å². The number of hydrogen-bond acceptors (Lipinski definition) is 2. The first-order valence-corrected chi connectivity index (χ1v) is 8.09. The molecule has 1 N–H and O–H groups in total. The first kappa shape index (κ1) is 18.1. The van der Waals surface area contributed by atoms with Crippen LogP contribution < -0.4 is 5.32 Å². The van der Waals surface area contributed by atoms with Gasteiger partial charge in [-0.05, 0) is 44.2 Å². The minimum absolute atomic E-state index is 0. The predicted octanol–water partition coefficient (Wildman–Crippen LogP) is 2.92. The van der Waals surface area contributed by atoms with Crippen LogP contribution in [0, 0.1) is 17.6 Å². The Morgan fingerprint density at radius 2 is 1.96 bits per heavy atom. The van der Waals surface area contributed by atoms with Crippen LogP contribution in [-0.4, -0.2) is 36.5 Å². The molecule has 1 atom stereocenters. The van der Waals surface area contributed by atoms with E-state index in [-0.39, 0.29) is 30.3 Å². The molecule has 0 saturated carbocycles. The van der Waals surface area contributed by atoms with Crippen molar-refractivity contribution in [2.75, 3.05) is 19.6 Å². The molecule has 1 amide bonds. The highest BCUT2D eigenvalue weighted by atomic mass is 35.5.